The average Bonchev–Trinajstić information content (AvgIpc) is 3.16. The number of aliphatic hydroxyl groups is 1. The zero-order chi connectivity index (χ0) is 14.7. The predicted molar refractivity (Wildman–Crippen MR) is 87.3 cm³/mol. The highest BCUT2D eigenvalue weighted by molar-refractivity contribution is 5.23. The molecule has 1 aliphatic carbocycles. The molecule has 0 bridgehead atoms. The minimum Gasteiger partial charge on any atom is -0.388 e. The Balaban J connectivity index is 1.52. The second-order valence-electron chi connectivity index (χ2n) is 7.01. The normalized spacial score (nSPS) is 25.5. The zero-order valence-corrected chi connectivity index (χ0v) is 13.3. The molecule has 0 radical (unpaired) electrons. The number of aliphatic hydroxyl groups excluding tert-OH is 1. The average molecular weight is 287 g/mol. The van der Waals surface area contributed by atoms with Crippen LogP contribution >= 0.6 is 0 Å². The van der Waals surface area contributed by atoms with E-state index in [2.05, 4.69) is 36.1 Å². The summed E-state index contributed by atoms with van der Waals surface area (Å²) in [6.45, 7) is 4.38. The lowest BCUT2D eigenvalue weighted by Gasteiger charge is -2.30. The van der Waals surface area contributed by atoms with Gasteiger partial charge in [0.15, 0.2) is 0 Å². The van der Waals surface area contributed by atoms with Crippen LogP contribution in [0.15, 0.2) is 24.3 Å². The van der Waals surface area contributed by atoms with Gasteiger partial charge in [-0.1, -0.05) is 42.7 Å². The van der Waals surface area contributed by atoms with E-state index in [9.17, 15) is 5.11 Å². The number of likely N-dealkylation sites (tertiary alicyclic amines) is 1. The van der Waals surface area contributed by atoms with Gasteiger partial charge in [0.1, 0.15) is 0 Å². The topological polar surface area (TPSA) is 23.5 Å². The van der Waals surface area contributed by atoms with Crippen molar-refractivity contribution in [1.82, 2.24) is 4.90 Å². The van der Waals surface area contributed by atoms with Gasteiger partial charge in [0.2, 0.25) is 0 Å². The highest BCUT2D eigenvalue weighted by atomic mass is 16.3. The van der Waals surface area contributed by atoms with Crippen LogP contribution in [0.5, 0.6) is 0 Å². The number of hydrogen-bond acceptors (Lipinski definition) is 2. The Morgan fingerprint density at radius 3 is 2.52 bits per heavy atom. The van der Waals surface area contributed by atoms with Gasteiger partial charge < -0.3 is 10.0 Å². The third-order valence-corrected chi connectivity index (χ3v) is 5.51. The van der Waals surface area contributed by atoms with Crippen LogP contribution in [0.3, 0.4) is 0 Å². The lowest BCUT2D eigenvalue weighted by atomic mass is 9.95. The van der Waals surface area contributed by atoms with E-state index in [1.165, 1.54) is 50.6 Å². The fourth-order valence-electron chi connectivity index (χ4n) is 4.25. The molecule has 2 nitrogen and oxygen atoms in total. The van der Waals surface area contributed by atoms with Crippen molar-refractivity contribution in [3.63, 3.8) is 0 Å². The van der Waals surface area contributed by atoms with E-state index >= 15 is 0 Å². The van der Waals surface area contributed by atoms with Gasteiger partial charge in [-0.05, 0) is 57.1 Å². The first-order valence-corrected chi connectivity index (χ1v) is 8.73. The van der Waals surface area contributed by atoms with Crippen molar-refractivity contribution in [2.24, 2.45) is 5.92 Å². The first-order valence-electron chi connectivity index (χ1n) is 8.73. The van der Waals surface area contributed by atoms with E-state index in [0.29, 0.717) is 0 Å². The third kappa shape index (κ3) is 3.67. The molecule has 1 saturated carbocycles. The van der Waals surface area contributed by atoms with Crippen LogP contribution < -0.4 is 0 Å². The molecular weight excluding hydrogens is 258 g/mol. The van der Waals surface area contributed by atoms with Crippen LogP contribution in [0, 0.1) is 12.8 Å². The quantitative estimate of drug-likeness (QED) is 0.882. The van der Waals surface area contributed by atoms with Crippen LogP contribution in [0.4, 0.5) is 0 Å². The number of nitrogens with zero attached hydrogens (tertiary/aromatic N) is 1. The Morgan fingerprint density at radius 2 is 1.81 bits per heavy atom. The molecule has 1 N–H and O–H groups in total. The monoisotopic (exact) mass is 287 g/mol. The van der Waals surface area contributed by atoms with Gasteiger partial charge in [0.05, 0.1) is 6.10 Å². The number of benzene rings is 1. The maximum absolute atomic E-state index is 10.4. The van der Waals surface area contributed by atoms with E-state index in [0.717, 1.165) is 30.5 Å². The molecule has 2 aliphatic rings. The zero-order valence-electron chi connectivity index (χ0n) is 13.3. The molecule has 116 valence electrons. The summed E-state index contributed by atoms with van der Waals surface area (Å²) in [6.07, 6.45) is 9.01. The summed E-state index contributed by atoms with van der Waals surface area (Å²) in [6, 6.07) is 9.13. The Morgan fingerprint density at radius 1 is 1.10 bits per heavy atom. The Labute approximate surface area is 129 Å². The number of aryl methyl sites for hydroxylation is 1. The summed E-state index contributed by atoms with van der Waals surface area (Å²) in [4.78, 5) is 2.66. The van der Waals surface area contributed by atoms with E-state index in [-0.39, 0.29) is 6.10 Å². The molecule has 2 atom stereocenters. The summed E-state index contributed by atoms with van der Waals surface area (Å²) < 4.78 is 0. The molecular formula is C19H29NO. The van der Waals surface area contributed by atoms with Crippen LogP contribution in [0.2, 0.25) is 0 Å². The predicted octanol–water partition coefficient (Wildman–Crippen LogP) is 4.07. The van der Waals surface area contributed by atoms with E-state index in [4.69, 9.17) is 0 Å². The molecule has 1 heterocycles. The standard InChI is InChI=1S/C19H29NO/c1-15-8-10-17(11-9-15)19(21)12-14-20-13-4-7-18(20)16-5-2-3-6-16/h8-11,16,18-19,21H,2-7,12-14H2,1H3. The van der Waals surface area contributed by atoms with E-state index < -0.39 is 0 Å². The summed E-state index contributed by atoms with van der Waals surface area (Å²) in [5.74, 6) is 0.934. The maximum Gasteiger partial charge on any atom is 0.0802 e. The summed E-state index contributed by atoms with van der Waals surface area (Å²) in [7, 11) is 0. The van der Waals surface area contributed by atoms with Gasteiger partial charge in [-0.25, -0.2) is 0 Å². The second kappa shape index (κ2) is 6.93. The molecule has 1 aliphatic heterocycles. The molecule has 0 aromatic heterocycles. The first kappa shape index (κ1) is 15.1. The maximum atomic E-state index is 10.4. The molecule has 2 fully saturated rings. The first-order chi connectivity index (χ1) is 10.2. The third-order valence-electron chi connectivity index (χ3n) is 5.51. The minimum atomic E-state index is -0.310. The highest BCUT2D eigenvalue weighted by Crippen LogP contribution is 2.35. The largest absolute Gasteiger partial charge is 0.388 e. The molecule has 1 aromatic carbocycles. The van der Waals surface area contributed by atoms with Crippen molar-refractivity contribution in [2.45, 2.75) is 64.0 Å². The summed E-state index contributed by atoms with van der Waals surface area (Å²) in [5.41, 5.74) is 2.32. The van der Waals surface area contributed by atoms with Crippen LogP contribution in [0.1, 0.15) is 62.2 Å². The summed E-state index contributed by atoms with van der Waals surface area (Å²) >= 11 is 0. The van der Waals surface area contributed by atoms with Crippen LogP contribution in [0.25, 0.3) is 0 Å². The number of rotatable bonds is 5. The molecule has 0 spiro atoms. The lowest BCUT2D eigenvalue weighted by molar-refractivity contribution is 0.124. The Bertz CT molecular complexity index is 435. The van der Waals surface area contributed by atoms with Crippen molar-refractivity contribution in [1.29, 1.82) is 0 Å². The van der Waals surface area contributed by atoms with Gasteiger partial charge in [-0.3, -0.25) is 0 Å². The SMILES string of the molecule is Cc1ccc(C(O)CCN2CCCC2C2CCCC2)cc1. The minimum absolute atomic E-state index is 0.310. The van der Waals surface area contributed by atoms with Gasteiger partial charge in [-0.2, -0.15) is 0 Å². The molecule has 1 saturated heterocycles. The smallest absolute Gasteiger partial charge is 0.0802 e. The lowest BCUT2D eigenvalue weighted by Crippen LogP contribution is -2.35. The van der Waals surface area contributed by atoms with Crippen molar-refractivity contribution in [2.75, 3.05) is 13.1 Å². The van der Waals surface area contributed by atoms with E-state index in [1.54, 1.807) is 0 Å². The van der Waals surface area contributed by atoms with Gasteiger partial charge in [-0.15, -0.1) is 0 Å². The van der Waals surface area contributed by atoms with Gasteiger partial charge >= 0.3 is 0 Å². The second-order valence-corrected chi connectivity index (χ2v) is 7.01. The molecule has 21 heavy (non-hydrogen) atoms. The van der Waals surface area contributed by atoms with Crippen LogP contribution in [-0.2, 0) is 0 Å². The molecule has 3 rings (SSSR count). The molecule has 2 heteroatoms. The Kier molecular flexibility index (Phi) is 4.97. The fraction of sp³-hybridized carbons (Fsp3) is 0.684. The van der Waals surface area contributed by atoms with Crippen molar-refractivity contribution < 1.29 is 5.11 Å². The highest BCUT2D eigenvalue weighted by Gasteiger charge is 2.33. The van der Waals surface area contributed by atoms with Crippen molar-refractivity contribution in [3.05, 3.63) is 35.4 Å². The molecule has 1 aromatic rings. The fourth-order valence-corrected chi connectivity index (χ4v) is 4.25. The molecule has 2 unspecified atom stereocenters. The van der Waals surface area contributed by atoms with Crippen LogP contribution in [-0.4, -0.2) is 29.1 Å². The van der Waals surface area contributed by atoms with Gasteiger partial charge in [0.25, 0.3) is 0 Å². The molecule has 0 amide bonds. The van der Waals surface area contributed by atoms with Gasteiger partial charge in [0, 0.05) is 12.6 Å². The number of hydrogen-bond donors (Lipinski definition) is 1. The van der Waals surface area contributed by atoms with E-state index in [1.807, 2.05) is 0 Å². The Hall–Kier alpha value is -0.860. The summed E-state index contributed by atoms with van der Waals surface area (Å²) in [5, 5.41) is 10.4. The van der Waals surface area contributed by atoms with Crippen molar-refractivity contribution in [3.8, 4) is 0 Å². The van der Waals surface area contributed by atoms with Crippen molar-refractivity contribution >= 4 is 0 Å².